The van der Waals surface area contributed by atoms with Gasteiger partial charge in [-0.05, 0) is 80.5 Å². The van der Waals surface area contributed by atoms with Crippen molar-refractivity contribution in [3.63, 3.8) is 0 Å². The summed E-state index contributed by atoms with van der Waals surface area (Å²) < 4.78 is 5.46. The molecule has 2 aliphatic rings. The molecule has 4 nitrogen and oxygen atoms in total. The molecule has 2 aromatic carbocycles. The van der Waals surface area contributed by atoms with Crippen molar-refractivity contribution in [2.45, 2.75) is 64.2 Å². The van der Waals surface area contributed by atoms with Gasteiger partial charge in [0.05, 0.1) is 7.11 Å². The van der Waals surface area contributed by atoms with Gasteiger partial charge in [0.1, 0.15) is 5.75 Å². The highest BCUT2D eigenvalue weighted by molar-refractivity contribution is 6.30. The first-order valence-electron chi connectivity index (χ1n) is 10.4. The minimum Gasteiger partial charge on any atom is -0.496 e. The third kappa shape index (κ3) is 4.15. The zero-order valence-corrected chi connectivity index (χ0v) is 18.1. The summed E-state index contributed by atoms with van der Waals surface area (Å²) in [5.41, 5.74) is 4.55. The number of carbonyl (C=O) groups is 1. The Morgan fingerprint density at radius 2 is 1.86 bits per heavy atom. The zero-order chi connectivity index (χ0) is 20.5. The van der Waals surface area contributed by atoms with Gasteiger partial charge in [0, 0.05) is 35.3 Å². The first-order valence-corrected chi connectivity index (χ1v) is 10.8. The number of benzene rings is 2. The van der Waals surface area contributed by atoms with E-state index < -0.39 is 0 Å². The van der Waals surface area contributed by atoms with Gasteiger partial charge in [-0.15, -0.1) is 0 Å². The van der Waals surface area contributed by atoms with E-state index in [1.807, 2.05) is 12.1 Å². The van der Waals surface area contributed by atoms with Crippen LogP contribution in [-0.2, 0) is 6.54 Å². The number of halogens is 1. The molecule has 2 atom stereocenters. The molecule has 1 amide bonds. The van der Waals surface area contributed by atoms with E-state index in [1.165, 1.54) is 29.5 Å². The van der Waals surface area contributed by atoms with Crippen LogP contribution in [0.1, 0.15) is 52.7 Å². The fourth-order valence-corrected chi connectivity index (χ4v) is 5.18. The summed E-state index contributed by atoms with van der Waals surface area (Å²) in [7, 11) is 1.73. The van der Waals surface area contributed by atoms with E-state index in [9.17, 15) is 4.79 Å². The number of hydrogen-bond acceptors (Lipinski definition) is 3. The number of nitrogens with zero attached hydrogens (tertiary/aromatic N) is 1. The van der Waals surface area contributed by atoms with Crippen molar-refractivity contribution >= 4 is 17.5 Å². The molecule has 2 saturated heterocycles. The van der Waals surface area contributed by atoms with Crippen LogP contribution in [0, 0.1) is 13.8 Å². The Hall–Kier alpha value is -2.04. The minimum absolute atomic E-state index is 0.0213. The second-order valence-electron chi connectivity index (χ2n) is 8.39. The van der Waals surface area contributed by atoms with Crippen LogP contribution in [0.25, 0.3) is 0 Å². The van der Waals surface area contributed by atoms with Crippen molar-refractivity contribution in [1.29, 1.82) is 0 Å². The van der Waals surface area contributed by atoms with Crippen LogP contribution in [0.15, 0.2) is 36.4 Å². The Morgan fingerprint density at radius 1 is 1.14 bits per heavy atom. The molecule has 2 fully saturated rings. The molecule has 2 aromatic rings. The SMILES string of the molecule is COc1ccc(CN2C3CCC2CC(NC(=O)c2cccc(Cl)c2)C3)c(C)c1C. The lowest BCUT2D eigenvalue weighted by atomic mass is 9.95. The lowest BCUT2D eigenvalue weighted by molar-refractivity contribution is 0.0827. The van der Waals surface area contributed by atoms with Crippen LogP contribution < -0.4 is 10.1 Å². The molecule has 154 valence electrons. The Bertz CT molecular complexity index is 900. The number of nitrogens with one attached hydrogen (secondary N) is 1. The maximum absolute atomic E-state index is 12.6. The average Bonchev–Trinajstić information content (AvgIpc) is 2.93. The van der Waals surface area contributed by atoms with Gasteiger partial charge in [-0.25, -0.2) is 0 Å². The molecule has 0 spiro atoms. The Labute approximate surface area is 178 Å². The first kappa shape index (κ1) is 20.2. The summed E-state index contributed by atoms with van der Waals surface area (Å²) in [5, 5.41) is 3.84. The summed E-state index contributed by atoms with van der Waals surface area (Å²) >= 11 is 6.03. The van der Waals surface area contributed by atoms with E-state index in [0.29, 0.717) is 22.7 Å². The lowest BCUT2D eigenvalue weighted by Gasteiger charge is -2.39. The summed E-state index contributed by atoms with van der Waals surface area (Å²) in [4.78, 5) is 15.3. The summed E-state index contributed by atoms with van der Waals surface area (Å²) in [5.74, 6) is 0.934. The fraction of sp³-hybridized carbons (Fsp3) is 0.458. The number of amides is 1. The van der Waals surface area contributed by atoms with E-state index in [4.69, 9.17) is 16.3 Å². The molecule has 0 radical (unpaired) electrons. The highest BCUT2D eigenvalue weighted by Gasteiger charge is 2.41. The first-order chi connectivity index (χ1) is 14.0. The summed E-state index contributed by atoms with van der Waals surface area (Å²) in [6, 6.07) is 12.7. The number of ether oxygens (including phenoxy) is 1. The molecule has 0 aliphatic carbocycles. The highest BCUT2D eigenvalue weighted by atomic mass is 35.5. The molecular formula is C24H29ClN2O2. The topological polar surface area (TPSA) is 41.6 Å². The average molecular weight is 413 g/mol. The molecule has 2 aliphatic heterocycles. The van der Waals surface area contributed by atoms with E-state index in [0.717, 1.165) is 25.1 Å². The zero-order valence-electron chi connectivity index (χ0n) is 17.4. The fourth-order valence-electron chi connectivity index (χ4n) is 4.99. The van der Waals surface area contributed by atoms with E-state index in [1.54, 1.807) is 19.2 Å². The van der Waals surface area contributed by atoms with Crippen molar-refractivity contribution in [1.82, 2.24) is 10.2 Å². The molecule has 29 heavy (non-hydrogen) atoms. The van der Waals surface area contributed by atoms with E-state index in [-0.39, 0.29) is 11.9 Å². The molecular weight excluding hydrogens is 384 g/mol. The number of methoxy groups -OCH3 is 1. The summed E-state index contributed by atoms with van der Waals surface area (Å²) in [6.45, 7) is 5.29. The second kappa shape index (κ2) is 8.37. The number of fused-ring (bicyclic) bond motifs is 2. The van der Waals surface area contributed by atoms with Gasteiger partial charge < -0.3 is 10.1 Å². The van der Waals surface area contributed by atoms with Crippen molar-refractivity contribution < 1.29 is 9.53 Å². The quantitative estimate of drug-likeness (QED) is 0.760. The molecule has 1 N–H and O–H groups in total. The molecule has 2 heterocycles. The Morgan fingerprint density at radius 3 is 2.52 bits per heavy atom. The monoisotopic (exact) mass is 412 g/mol. The van der Waals surface area contributed by atoms with Crippen LogP contribution >= 0.6 is 11.6 Å². The minimum atomic E-state index is -0.0213. The Kier molecular flexibility index (Phi) is 5.84. The van der Waals surface area contributed by atoms with Crippen molar-refractivity contribution in [3.8, 4) is 5.75 Å². The van der Waals surface area contributed by atoms with Gasteiger partial charge in [-0.2, -0.15) is 0 Å². The van der Waals surface area contributed by atoms with Crippen LogP contribution in [-0.4, -0.2) is 36.0 Å². The van der Waals surface area contributed by atoms with Crippen LogP contribution in [0.2, 0.25) is 5.02 Å². The van der Waals surface area contributed by atoms with Gasteiger partial charge in [0.15, 0.2) is 0 Å². The number of piperidine rings is 1. The second-order valence-corrected chi connectivity index (χ2v) is 8.82. The van der Waals surface area contributed by atoms with Crippen LogP contribution in [0.4, 0.5) is 0 Å². The van der Waals surface area contributed by atoms with Gasteiger partial charge in [0.2, 0.25) is 0 Å². The predicted octanol–water partition coefficient (Wildman–Crippen LogP) is 4.89. The van der Waals surface area contributed by atoms with Crippen LogP contribution in [0.5, 0.6) is 5.75 Å². The molecule has 0 aromatic heterocycles. The maximum atomic E-state index is 12.6. The number of hydrogen-bond donors (Lipinski definition) is 1. The molecule has 4 rings (SSSR count). The van der Waals surface area contributed by atoms with Gasteiger partial charge >= 0.3 is 0 Å². The number of carbonyl (C=O) groups excluding carboxylic acids is 1. The normalized spacial score (nSPS) is 23.8. The van der Waals surface area contributed by atoms with Gasteiger partial charge in [-0.1, -0.05) is 23.7 Å². The number of rotatable bonds is 5. The highest BCUT2D eigenvalue weighted by Crippen LogP contribution is 2.38. The van der Waals surface area contributed by atoms with E-state index in [2.05, 4.69) is 36.2 Å². The lowest BCUT2D eigenvalue weighted by Crippen LogP contribution is -2.50. The maximum Gasteiger partial charge on any atom is 0.251 e. The van der Waals surface area contributed by atoms with Crippen molar-refractivity contribution in [3.05, 3.63) is 63.7 Å². The van der Waals surface area contributed by atoms with Crippen molar-refractivity contribution in [2.24, 2.45) is 0 Å². The largest absolute Gasteiger partial charge is 0.496 e. The molecule has 5 heteroatoms. The van der Waals surface area contributed by atoms with Gasteiger partial charge in [0.25, 0.3) is 5.91 Å². The third-order valence-corrected chi connectivity index (χ3v) is 6.96. The molecule has 2 bridgehead atoms. The smallest absolute Gasteiger partial charge is 0.251 e. The summed E-state index contributed by atoms with van der Waals surface area (Å²) in [6.07, 6.45) is 4.44. The third-order valence-electron chi connectivity index (χ3n) is 6.73. The van der Waals surface area contributed by atoms with Crippen molar-refractivity contribution in [2.75, 3.05) is 7.11 Å². The predicted molar refractivity (Wildman–Crippen MR) is 117 cm³/mol. The molecule has 2 unspecified atom stereocenters. The van der Waals surface area contributed by atoms with E-state index >= 15 is 0 Å². The van der Waals surface area contributed by atoms with Crippen LogP contribution in [0.3, 0.4) is 0 Å². The molecule has 0 saturated carbocycles. The van der Waals surface area contributed by atoms with Gasteiger partial charge in [-0.3, -0.25) is 9.69 Å². The standard InChI is InChI=1S/C24H29ClN2O2/c1-15-16(2)23(29-3)10-7-18(15)14-27-21-8-9-22(27)13-20(12-21)26-24(28)17-5-4-6-19(25)11-17/h4-7,10-11,20-22H,8-9,12-14H2,1-3H3,(H,26,28). The Balaban J connectivity index is 1.42.